The molecule has 0 radical (unpaired) electrons. The Hall–Kier alpha value is -1.15. The van der Waals surface area contributed by atoms with E-state index < -0.39 is 0 Å². The van der Waals surface area contributed by atoms with Crippen LogP contribution >= 0.6 is 50.3 Å². The average Bonchev–Trinajstić information content (AvgIpc) is 3.45. The molecule has 1 unspecified atom stereocenters. The third kappa shape index (κ3) is 4.22. The Labute approximate surface area is 186 Å². The largest absolute Gasteiger partial charge is 0.246 e. The van der Waals surface area contributed by atoms with Gasteiger partial charge in [-0.15, -0.1) is 22.7 Å². The minimum absolute atomic E-state index is 0.758. The van der Waals surface area contributed by atoms with Crippen LogP contribution in [-0.2, 0) is 6.42 Å². The molecule has 0 fully saturated rings. The summed E-state index contributed by atoms with van der Waals surface area (Å²) in [6.45, 7) is 4.60. The van der Waals surface area contributed by atoms with E-state index in [1.54, 1.807) is 11.3 Å². The fraction of sp³-hybridized carbons (Fsp3) is 0.381. The van der Waals surface area contributed by atoms with Gasteiger partial charge in [0.2, 0.25) is 0 Å². The van der Waals surface area contributed by atoms with Gasteiger partial charge in [0.15, 0.2) is 0 Å². The lowest BCUT2D eigenvalue weighted by atomic mass is 9.95. The molecule has 1 atom stereocenters. The highest BCUT2D eigenvalue weighted by molar-refractivity contribution is 9.10. The lowest BCUT2D eigenvalue weighted by molar-refractivity contribution is 0.452. The van der Waals surface area contributed by atoms with Crippen LogP contribution in [0.5, 0.6) is 0 Å². The second-order valence-electron chi connectivity index (χ2n) is 6.97. The van der Waals surface area contributed by atoms with Gasteiger partial charge in [-0.25, -0.2) is 4.98 Å². The van der Waals surface area contributed by atoms with E-state index in [-0.39, 0.29) is 0 Å². The van der Waals surface area contributed by atoms with Crippen LogP contribution in [0.3, 0.4) is 0 Å². The molecule has 0 saturated heterocycles. The van der Waals surface area contributed by atoms with Crippen LogP contribution in [0.2, 0.25) is 0 Å². The predicted molar refractivity (Wildman–Crippen MR) is 127 cm³/mol. The molecule has 0 spiro atoms. The highest BCUT2D eigenvalue weighted by Crippen LogP contribution is 2.40. The van der Waals surface area contributed by atoms with E-state index in [1.807, 2.05) is 17.5 Å². The Morgan fingerprint density at radius 2 is 1.71 bits per heavy atom. The van der Waals surface area contributed by atoms with E-state index in [2.05, 4.69) is 67.8 Å². The van der Waals surface area contributed by atoms with Crippen molar-refractivity contribution in [1.82, 2.24) is 13.7 Å². The van der Waals surface area contributed by atoms with Crippen LogP contribution in [0.15, 0.2) is 35.1 Å². The summed E-state index contributed by atoms with van der Waals surface area (Å²) < 4.78 is 9.59. The van der Waals surface area contributed by atoms with Gasteiger partial charge in [-0.1, -0.05) is 39.5 Å². The van der Waals surface area contributed by atoms with Gasteiger partial charge in [0.25, 0.3) is 0 Å². The van der Waals surface area contributed by atoms with Crippen LogP contribution in [0.25, 0.3) is 31.2 Å². The molecule has 4 rings (SSSR count). The topological polar surface area (TPSA) is 38.7 Å². The minimum atomic E-state index is 0.758. The molecule has 3 nitrogen and oxygen atoms in total. The molecule has 0 aliphatic heterocycles. The molecule has 0 amide bonds. The molecule has 0 bridgehead atoms. The number of unbranched alkanes of at least 4 members (excludes halogenated alkanes) is 1. The highest BCUT2D eigenvalue weighted by atomic mass is 79.9. The summed E-state index contributed by atoms with van der Waals surface area (Å²) in [6, 6.07) is 9.00. The molecule has 4 aromatic rings. The molecule has 146 valence electrons. The van der Waals surface area contributed by atoms with Gasteiger partial charge in [0, 0.05) is 31.3 Å². The number of thiophene rings is 2. The summed E-state index contributed by atoms with van der Waals surface area (Å²) in [5.74, 6) is 0.810. The van der Waals surface area contributed by atoms with Gasteiger partial charge in [-0.2, -0.15) is 8.75 Å². The van der Waals surface area contributed by atoms with Crippen molar-refractivity contribution in [3.63, 3.8) is 0 Å². The van der Waals surface area contributed by atoms with Crippen LogP contribution in [0.4, 0.5) is 0 Å². The van der Waals surface area contributed by atoms with Crippen molar-refractivity contribution in [2.75, 3.05) is 0 Å². The quantitative estimate of drug-likeness (QED) is 0.234. The summed E-state index contributed by atoms with van der Waals surface area (Å²) in [4.78, 5) is 9.80. The van der Waals surface area contributed by atoms with Gasteiger partial charge in [-0.3, -0.25) is 0 Å². The molecule has 0 aliphatic rings. The van der Waals surface area contributed by atoms with E-state index in [1.165, 1.54) is 63.3 Å². The number of rotatable bonds is 8. The lowest BCUT2D eigenvalue weighted by Gasteiger charge is -2.12. The third-order valence-corrected chi connectivity index (χ3v) is 8.59. The third-order valence-electron chi connectivity index (χ3n) is 5.06. The highest BCUT2D eigenvalue weighted by Gasteiger charge is 2.15. The van der Waals surface area contributed by atoms with Gasteiger partial charge < -0.3 is 0 Å². The van der Waals surface area contributed by atoms with Crippen molar-refractivity contribution in [3.8, 4) is 20.2 Å². The molecule has 4 heterocycles. The predicted octanol–water partition coefficient (Wildman–Crippen LogP) is 8.06. The Bertz CT molecular complexity index is 1070. The van der Waals surface area contributed by atoms with E-state index in [4.69, 9.17) is 0 Å². The Morgan fingerprint density at radius 3 is 2.54 bits per heavy atom. The van der Waals surface area contributed by atoms with Crippen molar-refractivity contribution < 1.29 is 0 Å². The second kappa shape index (κ2) is 9.11. The average molecular weight is 493 g/mol. The first-order valence-corrected chi connectivity index (χ1v) is 12.8. The van der Waals surface area contributed by atoms with Crippen molar-refractivity contribution in [2.24, 2.45) is 5.92 Å². The zero-order valence-corrected chi connectivity index (χ0v) is 20.0. The zero-order valence-electron chi connectivity index (χ0n) is 15.9. The summed E-state index contributed by atoms with van der Waals surface area (Å²) in [5.41, 5.74) is 2.83. The van der Waals surface area contributed by atoms with Crippen LogP contribution < -0.4 is 0 Å². The van der Waals surface area contributed by atoms with Crippen molar-refractivity contribution in [3.05, 3.63) is 39.9 Å². The number of pyridine rings is 1. The molecule has 7 heteroatoms. The van der Waals surface area contributed by atoms with Gasteiger partial charge in [0.05, 0.1) is 11.7 Å². The molecule has 0 N–H and O–H groups in total. The molecular weight excluding hydrogens is 470 g/mol. The smallest absolute Gasteiger partial charge is 0.138 e. The van der Waals surface area contributed by atoms with Gasteiger partial charge in [0.1, 0.15) is 15.6 Å². The molecule has 0 aliphatic carbocycles. The molecule has 4 aromatic heterocycles. The maximum atomic E-state index is 4.48. The maximum absolute atomic E-state index is 4.48. The van der Waals surface area contributed by atoms with Crippen LogP contribution in [-0.4, -0.2) is 13.7 Å². The first kappa shape index (κ1) is 20.1. The summed E-state index contributed by atoms with van der Waals surface area (Å²) in [5, 5.41) is 0. The first-order valence-electron chi connectivity index (χ1n) is 9.65. The van der Waals surface area contributed by atoms with E-state index in [0.29, 0.717) is 0 Å². The number of halogens is 1. The number of aromatic nitrogens is 3. The van der Waals surface area contributed by atoms with Gasteiger partial charge >= 0.3 is 0 Å². The number of hydrogen-bond donors (Lipinski definition) is 0. The van der Waals surface area contributed by atoms with Gasteiger partial charge in [-0.05, 0) is 52.5 Å². The molecule has 0 aromatic carbocycles. The fourth-order valence-electron chi connectivity index (χ4n) is 3.39. The Balaban J connectivity index is 1.56. The molecule has 28 heavy (non-hydrogen) atoms. The molecule has 0 saturated carbocycles. The van der Waals surface area contributed by atoms with Crippen molar-refractivity contribution in [1.29, 1.82) is 0 Å². The van der Waals surface area contributed by atoms with Crippen molar-refractivity contribution >= 4 is 61.4 Å². The maximum Gasteiger partial charge on any atom is 0.138 e. The van der Waals surface area contributed by atoms with Crippen LogP contribution in [0.1, 0.15) is 44.4 Å². The van der Waals surface area contributed by atoms with E-state index >= 15 is 0 Å². The SMILES string of the molecule is CCCCC(CC)Cc1ccc(-c2ccc(-c3cnc(Br)c4nsnc34)s2)s1. The summed E-state index contributed by atoms with van der Waals surface area (Å²) in [6.07, 6.45) is 8.34. The standard InChI is InChI=1S/C21H22BrN3S3/c1-3-5-6-13(4-2)11-14-7-8-17(26-14)18-10-9-16(27-18)15-12-23-21(22)20-19(15)24-28-25-20/h7-10,12-13H,3-6,11H2,1-2H3. The molecular formula is C21H22BrN3S3. The fourth-order valence-corrected chi connectivity index (χ4v) is 6.67. The minimum Gasteiger partial charge on any atom is -0.246 e. The second-order valence-corrected chi connectivity index (χ2v) is 10.5. The number of fused-ring (bicyclic) bond motifs is 1. The summed E-state index contributed by atoms with van der Waals surface area (Å²) in [7, 11) is 0. The zero-order chi connectivity index (χ0) is 19.5. The summed E-state index contributed by atoms with van der Waals surface area (Å²) >= 11 is 8.45. The monoisotopic (exact) mass is 491 g/mol. The van der Waals surface area contributed by atoms with Crippen molar-refractivity contribution in [2.45, 2.75) is 46.0 Å². The Kier molecular flexibility index (Phi) is 6.55. The normalized spacial score (nSPS) is 12.7. The first-order chi connectivity index (χ1) is 13.7. The Morgan fingerprint density at radius 1 is 0.964 bits per heavy atom. The van der Waals surface area contributed by atoms with E-state index in [9.17, 15) is 0 Å². The van der Waals surface area contributed by atoms with Crippen LogP contribution in [0, 0.1) is 5.92 Å². The number of nitrogens with zero attached hydrogens (tertiary/aromatic N) is 3. The number of hydrogen-bond acceptors (Lipinski definition) is 6. The van der Waals surface area contributed by atoms with E-state index in [0.717, 1.165) is 27.1 Å². The lowest BCUT2D eigenvalue weighted by Crippen LogP contribution is -2.01.